The van der Waals surface area contributed by atoms with Crippen LogP contribution in [0.5, 0.6) is 11.5 Å². The third-order valence-electron chi connectivity index (χ3n) is 5.29. The highest BCUT2D eigenvalue weighted by atomic mass is 16.6. The quantitative estimate of drug-likeness (QED) is 0.295. The molecule has 0 amide bonds. The molecule has 0 aliphatic heterocycles. The van der Waals surface area contributed by atoms with Gasteiger partial charge in [-0.25, -0.2) is 4.98 Å². The van der Waals surface area contributed by atoms with Crippen molar-refractivity contribution in [2.45, 2.75) is 6.61 Å². The van der Waals surface area contributed by atoms with Crippen LogP contribution in [0.1, 0.15) is 11.1 Å². The van der Waals surface area contributed by atoms with Crippen molar-refractivity contribution in [1.29, 1.82) is 5.26 Å². The van der Waals surface area contributed by atoms with Crippen molar-refractivity contribution in [3.63, 3.8) is 0 Å². The molecule has 2 N–H and O–H groups in total. The molecule has 0 aliphatic rings. The molecular formula is C26H20N4O4. The van der Waals surface area contributed by atoms with Gasteiger partial charge in [-0.2, -0.15) is 5.26 Å². The standard InChI is InChI=1S/C26H20N4O4/c1-33-23-12-19(22(30(31)32)13-24(23)34-16-17-8-4-2-5-9-17)25-20(14-27)26(28)29-15-21(25)18-10-6-3-7-11-18/h2-13,15H,16H2,1H3,(H2,28,29). The Kier molecular flexibility index (Phi) is 6.37. The molecule has 0 bridgehead atoms. The van der Waals surface area contributed by atoms with Gasteiger partial charge in [-0.1, -0.05) is 60.7 Å². The van der Waals surface area contributed by atoms with E-state index in [9.17, 15) is 15.4 Å². The largest absolute Gasteiger partial charge is 0.493 e. The van der Waals surface area contributed by atoms with Gasteiger partial charge in [0.25, 0.3) is 5.69 Å². The molecule has 168 valence electrons. The summed E-state index contributed by atoms with van der Waals surface area (Å²) in [6, 6.07) is 23.5. The SMILES string of the molecule is COc1cc(-c2c(-c3ccccc3)cnc(N)c2C#N)c([N+](=O)[O-])cc1OCc1ccccc1. The molecule has 0 radical (unpaired) electrons. The lowest BCUT2D eigenvalue weighted by Gasteiger charge is -2.16. The first-order chi connectivity index (χ1) is 16.5. The molecule has 0 spiro atoms. The average Bonchev–Trinajstić information content (AvgIpc) is 2.87. The first-order valence-corrected chi connectivity index (χ1v) is 10.3. The second kappa shape index (κ2) is 9.71. The number of hydrogen-bond donors (Lipinski definition) is 1. The number of anilines is 1. The van der Waals surface area contributed by atoms with E-state index >= 15 is 0 Å². The van der Waals surface area contributed by atoms with E-state index in [4.69, 9.17) is 15.2 Å². The Morgan fingerprint density at radius 3 is 2.32 bits per heavy atom. The summed E-state index contributed by atoms with van der Waals surface area (Å²) in [5.41, 5.74) is 8.45. The molecule has 34 heavy (non-hydrogen) atoms. The highest BCUT2D eigenvalue weighted by molar-refractivity contribution is 5.93. The molecule has 4 rings (SSSR count). The Bertz CT molecular complexity index is 1380. The van der Waals surface area contributed by atoms with E-state index in [1.807, 2.05) is 60.7 Å². The monoisotopic (exact) mass is 452 g/mol. The number of nitriles is 1. The number of nitro groups is 1. The number of nitrogens with zero attached hydrogens (tertiary/aromatic N) is 3. The summed E-state index contributed by atoms with van der Waals surface area (Å²) < 4.78 is 11.4. The van der Waals surface area contributed by atoms with Gasteiger partial charge in [0.05, 0.1) is 23.7 Å². The van der Waals surface area contributed by atoms with Crippen LogP contribution in [-0.2, 0) is 6.61 Å². The minimum atomic E-state index is -0.517. The molecule has 8 nitrogen and oxygen atoms in total. The Morgan fingerprint density at radius 2 is 1.71 bits per heavy atom. The number of hydrogen-bond acceptors (Lipinski definition) is 7. The molecule has 3 aromatic carbocycles. The number of pyridine rings is 1. The zero-order chi connectivity index (χ0) is 24.1. The van der Waals surface area contributed by atoms with Gasteiger partial charge in [-0.3, -0.25) is 10.1 Å². The summed E-state index contributed by atoms with van der Waals surface area (Å²) >= 11 is 0. The number of methoxy groups -OCH3 is 1. The van der Waals surface area contributed by atoms with Gasteiger partial charge in [0.1, 0.15) is 24.1 Å². The molecule has 1 heterocycles. The van der Waals surface area contributed by atoms with E-state index in [0.29, 0.717) is 11.1 Å². The molecule has 4 aromatic rings. The predicted molar refractivity (Wildman–Crippen MR) is 128 cm³/mol. The second-order valence-corrected chi connectivity index (χ2v) is 7.34. The van der Waals surface area contributed by atoms with Gasteiger partial charge < -0.3 is 15.2 Å². The van der Waals surface area contributed by atoms with Crippen molar-refractivity contribution in [3.8, 4) is 39.8 Å². The number of rotatable bonds is 7. The molecule has 8 heteroatoms. The molecule has 0 saturated carbocycles. The molecule has 0 atom stereocenters. The number of nitrogen functional groups attached to an aromatic ring is 1. The third-order valence-corrected chi connectivity index (χ3v) is 5.29. The highest BCUT2D eigenvalue weighted by Crippen LogP contribution is 2.45. The fourth-order valence-corrected chi connectivity index (χ4v) is 3.66. The number of nitrogens with two attached hydrogens (primary N) is 1. The van der Waals surface area contributed by atoms with Crippen LogP contribution in [0.2, 0.25) is 0 Å². The molecule has 0 saturated heterocycles. The topological polar surface area (TPSA) is 124 Å². The van der Waals surface area contributed by atoms with Crippen molar-refractivity contribution in [2.75, 3.05) is 12.8 Å². The normalized spacial score (nSPS) is 10.4. The summed E-state index contributed by atoms with van der Waals surface area (Å²) in [5.74, 6) is 0.480. The lowest BCUT2D eigenvalue weighted by molar-refractivity contribution is -0.384. The van der Waals surface area contributed by atoms with Gasteiger partial charge in [-0.05, 0) is 17.2 Å². The summed E-state index contributed by atoms with van der Waals surface area (Å²) in [7, 11) is 1.45. The number of aromatic nitrogens is 1. The second-order valence-electron chi connectivity index (χ2n) is 7.34. The minimum Gasteiger partial charge on any atom is -0.493 e. The van der Waals surface area contributed by atoms with Crippen LogP contribution in [-0.4, -0.2) is 17.0 Å². The van der Waals surface area contributed by atoms with Gasteiger partial charge in [0.15, 0.2) is 11.5 Å². The average molecular weight is 452 g/mol. The lowest BCUT2D eigenvalue weighted by atomic mass is 9.91. The van der Waals surface area contributed by atoms with Gasteiger partial charge in [0.2, 0.25) is 0 Å². The minimum absolute atomic E-state index is 0.0187. The van der Waals surface area contributed by atoms with Crippen LogP contribution in [0.15, 0.2) is 79.0 Å². The zero-order valence-electron chi connectivity index (χ0n) is 18.3. The maximum Gasteiger partial charge on any atom is 0.281 e. The lowest BCUT2D eigenvalue weighted by Crippen LogP contribution is -2.04. The fraction of sp³-hybridized carbons (Fsp3) is 0.0769. The molecule has 1 aromatic heterocycles. The maximum atomic E-state index is 12.1. The Morgan fingerprint density at radius 1 is 1.03 bits per heavy atom. The Balaban J connectivity index is 1.92. The number of nitro benzene ring substituents is 1. The summed E-state index contributed by atoms with van der Waals surface area (Å²) in [6.07, 6.45) is 1.51. The van der Waals surface area contributed by atoms with Crippen LogP contribution >= 0.6 is 0 Å². The first-order valence-electron chi connectivity index (χ1n) is 10.3. The van der Waals surface area contributed by atoms with Crippen LogP contribution in [0.25, 0.3) is 22.3 Å². The number of ether oxygens (including phenoxy) is 2. The van der Waals surface area contributed by atoms with Gasteiger partial charge >= 0.3 is 0 Å². The smallest absolute Gasteiger partial charge is 0.281 e. The predicted octanol–water partition coefficient (Wildman–Crippen LogP) is 5.37. The number of benzene rings is 3. The molecular weight excluding hydrogens is 432 g/mol. The third kappa shape index (κ3) is 4.36. The molecule has 0 unspecified atom stereocenters. The zero-order valence-corrected chi connectivity index (χ0v) is 18.3. The van der Waals surface area contributed by atoms with E-state index in [-0.39, 0.29) is 40.7 Å². The van der Waals surface area contributed by atoms with Crippen LogP contribution in [0.3, 0.4) is 0 Å². The van der Waals surface area contributed by atoms with E-state index in [2.05, 4.69) is 11.1 Å². The van der Waals surface area contributed by atoms with Crippen molar-refractivity contribution < 1.29 is 14.4 Å². The molecule has 0 fully saturated rings. The van der Waals surface area contributed by atoms with Crippen LogP contribution in [0.4, 0.5) is 11.5 Å². The first kappa shape index (κ1) is 22.3. The van der Waals surface area contributed by atoms with Gasteiger partial charge in [-0.15, -0.1) is 0 Å². The van der Waals surface area contributed by atoms with E-state index in [1.54, 1.807) is 0 Å². The van der Waals surface area contributed by atoms with Crippen molar-refractivity contribution in [2.24, 2.45) is 0 Å². The Labute approximate surface area is 196 Å². The molecule has 0 aliphatic carbocycles. The van der Waals surface area contributed by atoms with Crippen molar-refractivity contribution in [1.82, 2.24) is 4.98 Å². The highest BCUT2D eigenvalue weighted by Gasteiger charge is 2.27. The van der Waals surface area contributed by atoms with Crippen LogP contribution in [0, 0.1) is 21.4 Å². The van der Waals surface area contributed by atoms with E-state index in [0.717, 1.165) is 11.1 Å². The fourth-order valence-electron chi connectivity index (χ4n) is 3.66. The van der Waals surface area contributed by atoms with Crippen molar-refractivity contribution in [3.05, 3.63) is 100 Å². The van der Waals surface area contributed by atoms with E-state index < -0.39 is 4.92 Å². The summed E-state index contributed by atoms with van der Waals surface area (Å²) in [4.78, 5) is 15.8. The summed E-state index contributed by atoms with van der Waals surface area (Å²) in [5, 5.41) is 22.0. The van der Waals surface area contributed by atoms with Crippen molar-refractivity contribution >= 4 is 11.5 Å². The summed E-state index contributed by atoms with van der Waals surface area (Å²) in [6.45, 7) is 0.203. The maximum absolute atomic E-state index is 12.1. The Hall–Kier alpha value is -4.90. The van der Waals surface area contributed by atoms with Crippen LogP contribution < -0.4 is 15.2 Å². The van der Waals surface area contributed by atoms with E-state index in [1.165, 1.54) is 25.4 Å². The van der Waals surface area contributed by atoms with Gasteiger partial charge in [0, 0.05) is 17.3 Å².